The van der Waals surface area contributed by atoms with Crippen LogP contribution in [-0.4, -0.2) is 34.8 Å². The number of benzene rings is 2. The first-order valence-corrected chi connectivity index (χ1v) is 9.79. The first-order chi connectivity index (χ1) is 12.9. The van der Waals surface area contributed by atoms with Crippen LogP contribution in [0.1, 0.15) is 16.8 Å². The van der Waals surface area contributed by atoms with Crippen LogP contribution < -0.4 is 10.6 Å². The lowest BCUT2D eigenvalue weighted by molar-refractivity contribution is -0.384. The van der Waals surface area contributed by atoms with Gasteiger partial charge >= 0.3 is 0 Å². The van der Waals surface area contributed by atoms with E-state index in [9.17, 15) is 19.7 Å². The number of nitro groups is 1. The molecule has 0 fully saturated rings. The maximum atomic E-state index is 12.6. The molecule has 0 aliphatic rings. The molecular formula is C18H18ClN3O4S. The van der Waals surface area contributed by atoms with Crippen molar-refractivity contribution in [1.29, 1.82) is 0 Å². The molecule has 0 saturated carbocycles. The van der Waals surface area contributed by atoms with E-state index in [1.165, 1.54) is 30.0 Å². The predicted molar refractivity (Wildman–Crippen MR) is 107 cm³/mol. The average Bonchev–Trinajstić information content (AvgIpc) is 2.65. The molecule has 2 aromatic rings. The molecule has 0 aliphatic heterocycles. The number of amides is 2. The second-order valence-corrected chi connectivity index (χ2v) is 6.98. The maximum absolute atomic E-state index is 12.6. The smallest absolute Gasteiger partial charge is 0.271 e. The Morgan fingerprint density at radius 3 is 2.63 bits per heavy atom. The van der Waals surface area contributed by atoms with Crippen molar-refractivity contribution in [3.05, 3.63) is 69.2 Å². The number of carbonyl (C=O) groups excluding carboxylic acids is 2. The largest absolute Gasteiger partial charge is 0.340 e. The van der Waals surface area contributed by atoms with Gasteiger partial charge in [-0.2, -0.15) is 11.8 Å². The monoisotopic (exact) mass is 407 g/mol. The van der Waals surface area contributed by atoms with Crippen LogP contribution in [0.2, 0.25) is 5.02 Å². The Hall–Kier alpha value is -2.58. The average molecular weight is 408 g/mol. The zero-order valence-electron chi connectivity index (χ0n) is 14.5. The van der Waals surface area contributed by atoms with E-state index in [0.29, 0.717) is 12.2 Å². The molecule has 27 heavy (non-hydrogen) atoms. The fourth-order valence-corrected chi connectivity index (χ4v) is 3.01. The molecule has 2 rings (SSSR count). The van der Waals surface area contributed by atoms with Crippen molar-refractivity contribution < 1.29 is 14.5 Å². The third-order valence-corrected chi connectivity index (χ3v) is 4.65. The minimum absolute atomic E-state index is 0.131. The molecule has 0 unspecified atom stereocenters. The number of hydrogen-bond acceptors (Lipinski definition) is 5. The molecule has 0 aromatic heterocycles. The van der Waals surface area contributed by atoms with Gasteiger partial charge in [-0.3, -0.25) is 19.7 Å². The van der Waals surface area contributed by atoms with E-state index in [-0.39, 0.29) is 22.0 Å². The first-order valence-electron chi connectivity index (χ1n) is 8.02. The molecule has 7 nitrogen and oxygen atoms in total. The lowest BCUT2D eigenvalue weighted by Gasteiger charge is -2.18. The zero-order valence-corrected chi connectivity index (χ0v) is 16.0. The number of rotatable bonds is 8. The maximum Gasteiger partial charge on any atom is 0.271 e. The number of non-ortho nitro benzene ring substituents is 1. The lowest BCUT2D eigenvalue weighted by Crippen LogP contribution is -2.44. The molecule has 2 N–H and O–H groups in total. The number of hydrogen-bond donors (Lipinski definition) is 2. The van der Waals surface area contributed by atoms with Crippen LogP contribution in [0.3, 0.4) is 0 Å². The molecule has 9 heteroatoms. The second kappa shape index (κ2) is 9.94. The second-order valence-electron chi connectivity index (χ2n) is 5.58. The molecule has 142 valence electrons. The highest BCUT2D eigenvalue weighted by Gasteiger charge is 2.22. The SMILES string of the molecule is CSCC[C@H](NC(=O)c1ccccc1Cl)C(=O)Nc1cccc([N+](=O)[O-])c1. The van der Waals surface area contributed by atoms with Crippen LogP contribution in [0.25, 0.3) is 0 Å². The van der Waals surface area contributed by atoms with Crippen LogP contribution in [0.5, 0.6) is 0 Å². The summed E-state index contributed by atoms with van der Waals surface area (Å²) in [7, 11) is 0. The van der Waals surface area contributed by atoms with E-state index < -0.39 is 22.8 Å². The van der Waals surface area contributed by atoms with Gasteiger partial charge in [0.05, 0.1) is 15.5 Å². The summed E-state index contributed by atoms with van der Waals surface area (Å²) in [5.74, 6) is -0.263. The Balaban J connectivity index is 2.13. The summed E-state index contributed by atoms with van der Waals surface area (Å²) in [6, 6.07) is 11.4. The van der Waals surface area contributed by atoms with Crippen LogP contribution in [0, 0.1) is 10.1 Å². The van der Waals surface area contributed by atoms with E-state index >= 15 is 0 Å². The first kappa shape index (κ1) is 20.7. The van der Waals surface area contributed by atoms with Crippen molar-refractivity contribution in [3.63, 3.8) is 0 Å². The Bertz CT molecular complexity index is 847. The molecule has 0 heterocycles. The molecule has 1 atom stereocenters. The van der Waals surface area contributed by atoms with Gasteiger partial charge in [0.1, 0.15) is 6.04 Å². The summed E-state index contributed by atoms with van der Waals surface area (Å²) in [4.78, 5) is 35.4. The van der Waals surface area contributed by atoms with Crippen LogP contribution in [-0.2, 0) is 4.79 Å². The summed E-state index contributed by atoms with van der Waals surface area (Å²) in [6.07, 6.45) is 2.30. The van der Waals surface area contributed by atoms with Gasteiger partial charge < -0.3 is 10.6 Å². The van der Waals surface area contributed by atoms with Gasteiger partial charge in [-0.15, -0.1) is 0 Å². The summed E-state index contributed by atoms with van der Waals surface area (Å²) >= 11 is 7.57. The van der Waals surface area contributed by atoms with Crippen molar-refractivity contribution in [3.8, 4) is 0 Å². The number of nitrogens with one attached hydrogen (secondary N) is 2. The molecule has 0 radical (unpaired) electrons. The van der Waals surface area contributed by atoms with Gasteiger partial charge in [0.2, 0.25) is 5.91 Å². The molecule has 2 amide bonds. The van der Waals surface area contributed by atoms with Crippen molar-refractivity contribution >= 4 is 46.6 Å². The minimum Gasteiger partial charge on any atom is -0.340 e. The normalized spacial score (nSPS) is 11.5. The molecule has 0 saturated heterocycles. The Morgan fingerprint density at radius 1 is 1.22 bits per heavy atom. The predicted octanol–water partition coefficient (Wildman–Crippen LogP) is 3.74. The van der Waals surface area contributed by atoms with Crippen molar-refractivity contribution in [1.82, 2.24) is 5.32 Å². The Kier molecular flexibility index (Phi) is 7.63. The van der Waals surface area contributed by atoms with E-state index in [1.54, 1.807) is 30.3 Å². The summed E-state index contributed by atoms with van der Waals surface area (Å²) in [6.45, 7) is 0. The van der Waals surface area contributed by atoms with Crippen molar-refractivity contribution in [2.75, 3.05) is 17.3 Å². The summed E-state index contributed by atoms with van der Waals surface area (Å²) in [5, 5.41) is 16.5. The number of carbonyl (C=O) groups is 2. The molecule has 2 aromatic carbocycles. The highest BCUT2D eigenvalue weighted by atomic mass is 35.5. The van der Waals surface area contributed by atoms with Crippen molar-refractivity contribution in [2.24, 2.45) is 0 Å². The Labute approximate surface area is 165 Å². The third kappa shape index (κ3) is 5.97. The minimum atomic E-state index is -0.805. The molecule has 0 aliphatic carbocycles. The summed E-state index contributed by atoms with van der Waals surface area (Å²) < 4.78 is 0. The zero-order chi connectivity index (χ0) is 19.8. The number of nitro benzene ring substituents is 1. The fraction of sp³-hybridized carbons (Fsp3) is 0.222. The molecule has 0 bridgehead atoms. The topological polar surface area (TPSA) is 101 Å². The van der Waals surface area contributed by atoms with Gasteiger partial charge in [0.15, 0.2) is 0 Å². The molecular weight excluding hydrogens is 390 g/mol. The van der Waals surface area contributed by atoms with Crippen LogP contribution in [0.4, 0.5) is 11.4 Å². The number of halogens is 1. The van der Waals surface area contributed by atoms with Crippen LogP contribution in [0.15, 0.2) is 48.5 Å². The van der Waals surface area contributed by atoms with Gasteiger partial charge in [-0.1, -0.05) is 29.8 Å². The molecule has 0 spiro atoms. The van der Waals surface area contributed by atoms with Gasteiger partial charge in [0.25, 0.3) is 11.6 Å². The fourth-order valence-electron chi connectivity index (χ4n) is 2.31. The Morgan fingerprint density at radius 2 is 1.96 bits per heavy atom. The van der Waals surface area contributed by atoms with Crippen LogP contribution >= 0.6 is 23.4 Å². The highest BCUT2D eigenvalue weighted by Crippen LogP contribution is 2.18. The number of anilines is 1. The van der Waals surface area contributed by atoms with Crippen molar-refractivity contribution in [2.45, 2.75) is 12.5 Å². The van der Waals surface area contributed by atoms with E-state index in [2.05, 4.69) is 10.6 Å². The number of nitrogens with zero attached hydrogens (tertiary/aromatic N) is 1. The lowest BCUT2D eigenvalue weighted by atomic mass is 10.1. The van der Waals surface area contributed by atoms with E-state index in [0.717, 1.165) is 0 Å². The number of thioether (sulfide) groups is 1. The van der Waals surface area contributed by atoms with E-state index in [1.807, 2.05) is 6.26 Å². The quantitative estimate of drug-likeness (QED) is 0.512. The highest BCUT2D eigenvalue weighted by molar-refractivity contribution is 7.98. The van der Waals surface area contributed by atoms with Gasteiger partial charge in [0, 0.05) is 17.8 Å². The van der Waals surface area contributed by atoms with Gasteiger partial charge in [-0.05, 0) is 36.6 Å². The summed E-state index contributed by atoms with van der Waals surface area (Å²) in [5.41, 5.74) is 0.431. The van der Waals surface area contributed by atoms with Gasteiger partial charge in [-0.25, -0.2) is 0 Å². The standard InChI is InChI=1S/C18H18ClN3O4S/c1-27-10-9-16(21-17(23)14-7-2-3-8-15(14)19)18(24)20-12-5-4-6-13(11-12)22(25)26/h2-8,11,16H,9-10H2,1H3,(H,20,24)(H,21,23)/t16-/m0/s1. The third-order valence-electron chi connectivity index (χ3n) is 3.68. The van der Waals surface area contributed by atoms with E-state index in [4.69, 9.17) is 11.6 Å².